The minimum absolute atomic E-state index is 0.685. The van der Waals surface area contributed by atoms with Gasteiger partial charge in [0, 0.05) is 36.4 Å². The largest absolute Gasteiger partial charge is 0.295 e. The normalized spacial score (nSPS) is 19.6. The first-order valence-electron chi connectivity index (χ1n) is 8.43. The van der Waals surface area contributed by atoms with Crippen molar-refractivity contribution in [3.63, 3.8) is 0 Å². The Morgan fingerprint density at radius 2 is 2.27 bits per heavy atom. The van der Waals surface area contributed by atoms with Crippen molar-refractivity contribution in [1.82, 2.24) is 19.7 Å². The van der Waals surface area contributed by atoms with E-state index in [1.807, 2.05) is 23.6 Å². The van der Waals surface area contributed by atoms with Gasteiger partial charge in [-0.15, -0.1) is 11.3 Å². The van der Waals surface area contributed by atoms with Crippen LogP contribution in [-0.4, -0.2) is 32.3 Å². The van der Waals surface area contributed by atoms with Gasteiger partial charge in [-0.2, -0.15) is 5.10 Å². The van der Waals surface area contributed by atoms with Crippen molar-refractivity contribution in [3.8, 4) is 0 Å². The monoisotopic (exact) mass is 318 g/mol. The van der Waals surface area contributed by atoms with Crippen LogP contribution in [0.15, 0.2) is 18.5 Å². The number of likely N-dealkylation sites (tertiary alicyclic amines) is 1. The lowest BCUT2D eigenvalue weighted by Gasteiger charge is -2.35. The maximum atomic E-state index is 4.68. The summed E-state index contributed by atoms with van der Waals surface area (Å²) in [5.41, 5.74) is 1.30. The Morgan fingerprint density at radius 3 is 3.05 bits per heavy atom. The van der Waals surface area contributed by atoms with Crippen molar-refractivity contribution < 1.29 is 0 Å². The summed E-state index contributed by atoms with van der Waals surface area (Å²) in [7, 11) is 0. The summed E-state index contributed by atoms with van der Waals surface area (Å²) in [4.78, 5) is 8.84. The van der Waals surface area contributed by atoms with Gasteiger partial charge < -0.3 is 0 Å². The Kier molecular flexibility index (Phi) is 5.26. The fourth-order valence-corrected chi connectivity index (χ4v) is 4.46. The molecular formula is C17H26N4S. The summed E-state index contributed by atoms with van der Waals surface area (Å²) >= 11 is 1.88. The average molecular weight is 318 g/mol. The van der Waals surface area contributed by atoms with Gasteiger partial charge in [0.15, 0.2) is 0 Å². The number of thiazole rings is 1. The molecule has 120 valence electrons. The molecule has 22 heavy (non-hydrogen) atoms. The highest BCUT2D eigenvalue weighted by Gasteiger charge is 2.24. The van der Waals surface area contributed by atoms with E-state index in [1.54, 1.807) is 0 Å². The molecule has 0 aromatic carbocycles. The summed E-state index contributed by atoms with van der Waals surface area (Å²) < 4.78 is 2.06. The van der Waals surface area contributed by atoms with Crippen molar-refractivity contribution in [2.45, 2.75) is 65.1 Å². The molecule has 1 saturated heterocycles. The molecule has 1 atom stereocenters. The van der Waals surface area contributed by atoms with E-state index in [2.05, 4.69) is 39.7 Å². The molecule has 2 aromatic rings. The van der Waals surface area contributed by atoms with Gasteiger partial charge in [0.2, 0.25) is 0 Å². The summed E-state index contributed by atoms with van der Waals surface area (Å²) in [6, 6.07) is 2.69. The fourth-order valence-electron chi connectivity index (χ4n) is 3.41. The van der Waals surface area contributed by atoms with Crippen LogP contribution in [0.3, 0.4) is 0 Å². The molecule has 5 heteroatoms. The van der Waals surface area contributed by atoms with Crippen LogP contribution in [0.5, 0.6) is 0 Å². The predicted octanol–water partition coefficient (Wildman–Crippen LogP) is 3.66. The lowest BCUT2D eigenvalue weighted by atomic mass is 9.99. The van der Waals surface area contributed by atoms with Gasteiger partial charge in [-0.05, 0) is 45.2 Å². The zero-order chi connectivity index (χ0) is 15.4. The van der Waals surface area contributed by atoms with Crippen molar-refractivity contribution >= 4 is 11.3 Å². The van der Waals surface area contributed by atoms with Crippen molar-refractivity contribution in [2.75, 3.05) is 6.54 Å². The topological polar surface area (TPSA) is 34.0 Å². The second-order valence-electron chi connectivity index (χ2n) is 6.13. The Balaban J connectivity index is 1.64. The number of nitrogens with zero attached hydrogens (tertiary/aromatic N) is 4. The molecule has 0 spiro atoms. The highest BCUT2D eigenvalue weighted by Crippen LogP contribution is 2.26. The molecule has 0 saturated carbocycles. The van der Waals surface area contributed by atoms with Crippen LogP contribution in [0.1, 0.15) is 48.2 Å². The summed E-state index contributed by atoms with van der Waals surface area (Å²) in [6.45, 7) is 7.67. The SMILES string of the molecule is CCc1nc(C)sc1CN1CCCC[C@H]1CCn1cccn1. The zero-order valence-corrected chi connectivity index (χ0v) is 14.5. The lowest BCUT2D eigenvalue weighted by Crippen LogP contribution is -2.39. The molecule has 4 nitrogen and oxygen atoms in total. The average Bonchev–Trinajstić information content (AvgIpc) is 3.16. The molecule has 3 rings (SSSR count). The first-order chi connectivity index (χ1) is 10.8. The maximum Gasteiger partial charge on any atom is 0.0900 e. The van der Waals surface area contributed by atoms with E-state index in [9.17, 15) is 0 Å². The Labute approximate surface area is 137 Å². The van der Waals surface area contributed by atoms with Crippen LogP contribution >= 0.6 is 11.3 Å². The lowest BCUT2D eigenvalue weighted by molar-refractivity contribution is 0.128. The van der Waals surface area contributed by atoms with Gasteiger partial charge >= 0.3 is 0 Å². The molecule has 3 heterocycles. The van der Waals surface area contributed by atoms with E-state index in [-0.39, 0.29) is 0 Å². The third-order valence-corrected chi connectivity index (χ3v) is 5.56. The van der Waals surface area contributed by atoms with E-state index < -0.39 is 0 Å². The van der Waals surface area contributed by atoms with Crippen LogP contribution in [-0.2, 0) is 19.5 Å². The quantitative estimate of drug-likeness (QED) is 0.815. The van der Waals surface area contributed by atoms with Gasteiger partial charge in [-0.1, -0.05) is 13.3 Å². The Morgan fingerprint density at radius 1 is 1.36 bits per heavy atom. The molecule has 0 radical (unpaired) electrons. The molecular weight excluding hydrogens is 292 g/mol. The molecule has 0 amide bonds. The maximum absolute atomic E-state index is 4.68. The highest BCUT2D eigenvalue weighted by molar-refractivity contribution is 7.11. The van der Waals surface area contributed by atoms with Crippen molar-refractivity contribution in [3.05, 3.63) is 34.0 Å². The van der Waals surface area contributed by atoms with Crippen LogP contribution in [0.4, 0.5) is 0 Å². The molecule has 1 aliphatic heterocycles. The standard InChI is InChI=1S/C17H26N4S/c1-3-16-17(22-14(2)19-16)13-20-10-5-4-7-15(20)8-12-21-11-6-9-18-21/h6,9,11,15H,3-5,7-8,10,12-13H2,1-2H3/t15-/m0/s1. The van der Waals surface area contributed by atoms with E-state index in [0.29, 0.717) is 6.04 Å². The van der Waals surface area contributed by atoms with Crippen LogP contribution < -0.4 is 0 Å². The molecule has 0 N–H and O–H groups in total. The van der Waals surface area contributed by atoms with E-state index in [1.165, 1.54) is 47.8 Å². The minimum atomic E-state index is 0.685. The highest BCUT2D eigenvalue weighted by atomic mass is 32.1. The smallest absolute Gasteiger partial charge is 0.0900 e. The van der Waals surface area contributed by atoms with Crippen molar-refractivity contribution in [1.29, 1.82) is 0 Å². The van der Waals surface area contributed by atoms with Crippen molar-refractivity contribution in [2.24, 2.45) is 0 Å². The Bertz CT molecular complexity index is 576. The molecule has 1 aliphatic rings. The van der Waals surface area contributed by atoms with E-state index in [0.717, 1.165) is 19.5 Å². The Hall–Kier alpha value is -1.20. The van der Waals surface area contributed by atoms with Crippen LogP contribution in [0.2, 0.25) is 0 Å². The number of aromatic nitrogens is 3. The van der Waals surface area contributed by atoms with Gasteiger partial charge in [0.1, 0.15) is 0 Å². The molecule has 1 fully saturated rings. The number of hydrogen-bond donors (Lipinski definition) is 0. The van der Waals surface area contributed by atoms with Crippen LogP contribution in [0, 0.1) is 6.92 Å². The van der Waals surface area contributed by atoms with Gasteiger partial charge in [-0.3, -0.25) is 9.58 Å². The summed E-state index contributed by atoms with van der Waals surface area (Å²) in [5.74, 6) is 0. The third kappa shape index (κ3) is 3.76. The second kappa shape index (κ2) is 7.38. The molecule has 0 unspecified atom stereocenters. The van der Waals surface area contributed by atoms with Crippen LogP contribution in [0.25, 0.3) is 0 Å². The minimum Gasteiger partial charge on any atom is -0.295 e. The second-order valence-corrected chi connectivity index (χ2v) is 7.42. The van der Waals surface area contributed by atoms with E-state index >= 15 is 0 Å². The predicted molar refractivity (Wildman–Crippen MR) is 91.1 cm³/mol. The third-order valence-electron chi connectivity index (χ3n) is 4.57. The fraction of sp³-hybridized carbons (Fsp3) is 0.647. The van der Waals surface area contributed by atoms with E-state index in [4.69, 9.17) is 0 Å². The zero-order valence-electron chi connectivity index (χ0n) is 13.7. The first kappa shape index (κ1) is 15.7. The number of piperidine rings is 1. The summed E-state index contributed by atoms with van der Waals surface area (Å²) in [5, 5.41) is 5.54. The summed E-state index contributed by atoms with van der Waals surface area (Å²) in [6.07, 6.45) is 10.2. The molecule has 0 aliphatic carbocycles. The number of aryl methyl sites for hydroxylation is 3. The van der Waals surface area contributed by atoms with Gasteiger partial charge in [0.25, 0.3) is 0 Å². The first-order valence-corrected chi connectivity index (χ1v) is 9.24. The number of hydrogen-bond acceptors (Lipinski definition) is 4. The van der Waals surface area contributed by atoms with Gasteiger partial charge in [-0.25, -0.2) is 4.98 Å². The number of rotatable bonds is 6. The molecule has 0 bridgehead atoms. The molecule has 2 aromatic heterocycles. The van der Waals surface area contributed by atoms with Gasteiger partial charge in [0.05, 0.1) is 10.7 Å².